The van der Waals surface area contributed by atoms with Crippen LogP contribution in [0.2, 0.25) is 0 Å². The minimum absolute atomic E-state index is 0.0347. The standard InChI is InChI=1S/C9H16O2/c1-8(2)6-4-5-9(3,11-6)7(8)10/h6-7,10H,4-5H2,1-3H3/t6-,7-,9+/m1/s1. The first-order chi connectivity index (χ1) is 4.97. The molecule has 0 aliphatic carbocycles. The van der Waals surface area contributed by atoms with Crippen LogP contribution in [0.25, 0.3) is 0 Å². The highest BCUT2D eigenvalue weighted by atomic mass is 16.5. The molecule has 2 aliphatic heterocycles. The van der Waals surface area contributed by atoms with Crippen LogP contribution in [-0.4, -0.2) is 22.9 Å². The molecule has 64 valence electrons. The van der Waals surface area contributed by atoms with Crippen molar-refractivity contribution < 1.29 is 9.84 Å². The first kappa shape index (κ1) is 7.56. The van der Waals surface area contributed by atoms with Crippen LogP contribution in [0.5, 0.6) is 0 Å². The van der Waals surface area contributed by atoms with Gasteiger partial charge in [-0.2, -0.15) is 0 Å². The fourth-order valence-corrected chi connectivity index (χ4v) is 2.55. The zero-order valence-corrected chi connectivity index (χ0v) is 7.42. The Morgan fingerprint density at radius 3 is 2.27 bits per heavy atom. The second-order valence-corrected chi connectivity index (χ2v) is 4.68. The maximum absolute atomic E-state index is 9.88. The van der Waals surface area contributed by atoms with Crippen LogP contribution in [0, 0.1) is 5.41 Å². The first-order valence-electron chi connectivity index (χ1n) is 4.33. The Labute approximate surface area is 67.6 Å². The Morgan fingerprint density at radius 1 is 1.36 bits per heavy atom. The molecule has 0 aromatic rings. The van der Waals surface area contributed by atoms with Gasteiger partial charge in [0.2, 0.25) is 0 Å². The Morgan fingerprint density at radius 2 is 2.00 bits per heavy atom. The summed E-state index contributed by atoms with van der Waals surface area (Å²) < 4.78 is 5.74. The van der Waals surface area contributed by atoms with E-state index < -0.39 is 0 Å². The lowest BCUT2D eigenvalue weighted by Gasteiger charge is -2.35. The second kappa shape index (κ2) is 1.80. The lowest BCUT2D eigenvalue weighted by atomic mass is 9.70. The van der Waals surface area contributed by atoms with Gasteiger partial charge in [0.25, 0.3) is 0 Å². The molecule has 11 heavy (non-hydrogen) atoms. The molecule has 2 saturated heterocycles. The van der Waals surface area contributed by atoms with Gasteiger partial charge in [-0.3, -0.25) is 0 Å². The van der Waals surface area contributed by atoms with Gasteiger partial charge in [-0.15, -0.1) is 0 Å². The summed E-state index contributed by atoms with van der Waals surface area (Å²) in [5.41, 5.74) is -0.277. The van der Waals surface area contributed by atoms with Crippen molar-refractivity contribution in [3.8, 4) is 0 Å². The molecule has 2 rings (SSSR count). The molecule has 0 spiro atoms. The van der Waals surface area contributed by atoms with E-state index in [0.29, 0.717) is 0 Å². The van der Waals surface area contributed by atoms with Crippen LogP contribution < -0.4 is 0 Å². The van der Waals surface area contributed by atoms with Crippen molar-refractivity contribution in [1.29, 1.82) is 0 Å². The summed E-state index contributed by atoms with van der Waals surface area (Å²) in [6.45, 7) is 6.20. The number of hydrogen-bond donors (Lipinski definition) is 1. The van der Waals surface area contributed by atoms with Crippen LogP contribution in [0.4, 0.5) is 0 Å². The molecule has 2 fully saturated rings. The quantitative estimate of drug-likeness (QED) is 0.573. The minimum Gasteiger partial charge on any atom is -0.389 e. The van der Waals surface area contributed by atoms with E-state index in [0.717, 1.165) is 12.8 Å². The smallest absolute Gasteiger partial charge is 0.0923 e. The van der Waals surface area contributed by atoms with Crippen LogP contribution in [0.1, 0.15) is 33.6 Å². The molecule has 2 heterocycles. The summed E-state index contributed by atoms with van der Waals surface area (Å²) in [4.78, 5) is 0. The number of aliphatic hydroxyl groups excluding tert-OH is 1. The number of rotatable bonds is 0. The molecule has 2 aliphatic rings. The van der Waals surface area contributed by atoms with E-state index in [1.165, 1.54) is 0 Å². The molecule has 0 aromatic heterocycles. The molecule has 1 N–H and O–H groups in total. The van der Waals surface area contributed by atoms with Crippen molar-refractivity contribution in [2.75, 3.05) is 0 Å². The van der Waals surface area contributed by atoms with Gasteiger partial charge in [0.1, 0.15) is 0 Å². The Hall–Kier alpha value is -0.0800. The number of fused-ring (bicyclic) bond motifs is 2. The minimum atomic E-state index is -0.284. The van der Waals surface area contributed by atoms with Gasteiger partial charge in [0.15, 0.2) is 0 Å². The van der Waals surface area contributed by atoms with Crippen LogP contribution in [-0.2, 0) is 4.74 Å². The van der Waals surface area contributed by atoms with E-state index in [9.17, 15) is 5.11 Å². The highest BCUT2D eigenvalue weighted by Crippen LogP contribution is 2.53. The van der Waals surface area contributed by atoms with Crippen molar-refractivity contribution in [2.24, 2.45) is 5.41 Å². The van der Waals surface area contributed by atoms with Gasteiger partial charge >= 0.3 is 0 Å². The van der Waals surface area contributed by atoms with Crippen LogP contribution in [0.3, 0.4) is 0 Å². The maximum Gasteiger partial charge on any atom is 0.0923 e. The van der Waals surface area contributed by atoms with Crippen molar-refractivity contribution in [1.82, 2.24) is 0 Å². The van der Waals surface area contributed by atoms with Gasteiger partial charge in [-0.05, 0) is 19.8 Å². The molecule has 0 saturated carbocycles. The average molecular weight is 156 g/mol. The van der Waals surface area contributed by atoms with Crippen molar-refractivity contribution in [3.63, 3.8) is 0 Å². The molecule has 0 amide bonds. The third kappa shape index (κ3) is 0.744. The summed E-state index contributed by atoms with van der Waals surface area (Å²) in [6, 6.07) is 0. The third-order valence-electron chi connectivity index (χ3n) is 3.43. The molecule has 2 bridgehead atoms. The van der Waals surface area contributed by atoms with Gasteiger partial charge in [0, 0.05) is 5.41 Å². The average Bonchev–Trinajstić information content (AvgIpc) is 2.36. The largest absolute Gasteiger partial charge is 0.389 e. The monoisotopic (exact) mass is 156 g/mol. The molecular weight excluding hydrogens is 140 g/mol. The van der Waals surface area contributed by atoms with Crippen LogP contribution in [0.15, 0.2) is 0 Å². The first-order valence-corrected chi connectivity index (χ1v) is 4.33. The summed E-state index contributed by atoms with van der Waals surface area (Å²) in [6.07, 6.45) is 2.12. The maximum atomic E-state index is 9.88. The fourth-order valence-electron chi connectivity index (χ4n) is 2.55. The van der Waals surface area contributed by atoms with Crippen molar-refractivity contribution in [3.05, 3.63) is 0 Å². The molecule has 0 radical (unpaired) electrons. The predicted octanol–water partition coefficient (Wildman–Crippen LogP) is 1.32. The predicted molar refractivity (Wildman–Crippen MR) is 42.3 cm³/mol. The van der Waals surface area contributed by atoms with Gasteiger partial charge in [-0.1, -0.05) is 13.8 Å². The summed E-state index contributed by atoms with van der Waals surface area (Å²) in [5, 5.41) is 9.88. The van der Waals surface area contributed by atoms with Crippen LogP contribution >= 0.6 is 0 Å². The fraction of sp³-hybridized carbons (Fsp3) is 1.00. The van der Waals surface area contributed by atoms with E-state index in [-0.39, 0.29) is 23.2 Å². The lowest BCUT2D eigenvalue weighted by molar-refractivity contribution is -0.0366. The third-order valence-corrected chi connectivity index (χ3v) is 3.43. The topological polar surface area (TPSA) is 29.5 Å². The van der Waals surface area contributed by atoms with Gasteiger partial charge in [0.05, 0.1) is 17.8 Å². The van der Waals surface area contributed by atoms with Crippen molar-refractivity contribution >= 4 is 0 Å². The summed E-state index contributed by atoms with van der Waals surface area (Å²) >= 11 is 0. The zero-order chi connectivity index (χ0) is 8.28. The Balaban J connectivity index is 2.34. The summed E-state index contributed by atoms with van der Waals surface area (Å²) in [7, 11) is 0. The Kier molecular flexibility index (Phi) is 1.24. The van der Waals surface area contributed by atoms with E-state index in [2.05, 4.69) is 13.8 Å². The lowest BCUT2D eigenvalue weighted by Crippen LogP contribution is -2.45. The highest BCUT2D eigenvalue weighted by molar-refractivity contribution is 5.09. The molecule has 0 aromatic carbocycles. The highest BCUT2D eigenvalue weighted by Gasteiger charge is 2.60. The molecular formula is C9H16O2. The van der Waals surface area contributed by atoms with E-state index in [1.54, 1.807) is 0 Å². The van der Waals surface area contributed by atoms with Crippen molar-refractivity contribution in [2.45, 2.75) is 51.4 Å². The zero-order valence-electron chi connectivity index (χ0n) is 7.42. The molecule has 2 nitrogen and oxygen atoms in total. The number of hydrogen-bond acceptors (Lipinski definition) is 2. The molecule has 0 unspecified atom stereocenters. The second-order valence-electron chi connectivity index (χ2n) is 4.68. The van der Waals surface area contributed by atoms with Gasteiger partial charge < -0.3 is 9.84 Å². The van der Waals surface area contributed by atoms with E-state index >= 15 is 0 Å². The van der Waals surface area contributed by atoms with E-state index in [1.807, 2.05) is 6.92 Å². The Bertz CT molecular complexity index is 183. The number of ether oxygens (including phenoxy) is 1. The van der Waals surface area contributed by atoms with E-state index in [4.69, 9.17) is 4.74 Å². The molecule has 3 atom stereocenters. The normalized spacial score (nSPS) is 53.5. The molecule has 2 heteroatoms. The summed E-state index contributed by atoms with van der Waals surface area (Å²) in [5.74, 6) is 0. The number of aliphatic hydroxyl groups is 1. The van der Waals surface area contributed by atoms with Gasteiger partial charge in [-0.25, -0.2) is 0 Å². The SMILES string of the molecule is CC1(C)[C@@H](O)[C@]2(C)CC[C@H]1O2.